The molecule has 2 atom stereocenters. The predicted octanol–water partition coefficient (Wildman–Crippen LogP) is 0.0197. The highest BCUT2D eigenvalue weighted by Gasteiger charge is 2.34. The first-order valence-corrected chi connectivity index (χ1v) is 4.64. The van der Waals surface area contributed by atoms with Gasteiger partial charge >= 0.3 is 5.97 Å². The van der Waals surface area contributed by atoms with Gasteiger partial charge in [-0.1, -0.05) is 6.92 Å². The molecule has 4 nitrogen and oxygen atoms in total. The summed E-state index contributed by atoms with van der Waals surface area (Å²) in [5.41, 5.74) is 0. The number of aliphatic hydroxyl groups is 1. The van der Waals surface area contributed by atoms with Crippen LogP contribution in [-0.2, 0) is 4.79 Å². The van der Waals surface area contributed by atoms with Crippen LogP contribution >= 0.6 is 0 Å². The lowest BCUT2D eigenvalue weighted by atomic mass is 9.87. The van der Waals surface area contributed by atoms with Crippen molar-refractivity contribution < 1.29 is 15.0 Å². The predicted molar refractivity (Wildman–Crippen MR) is 48.4 cm³/mol. The van der Waals surface area contributed by atoms with Gasteiger partial charge in [0.2, 0.25) is 0 Å². The van der Waals surface area contributed by atoms with E-state index in [-0.39, 0.29) is 17.9 Å². The molecule has 2 unspecified atom stereocenters. The lowest BCUT2D eigenvalue weighted by Gasteiger charge is -2.41. The van der Waals surface area contributed by atoms with Gasteiger partial charge in [-0.3, -0.25) is 4.79 Å². The smallest absolute Gasteiger partial charge is 0.306 e. The van der Waals surface area contributed by atoms with Crippen molar-refractivity contribution in [3.05, 3.63) is 0 Å². The normalized spacial score (nSPS) is 23.6. The summed E-state index contributed by atoms with van der Waals surface area (Å²) < 4.78 is 0. The molecular weight excluding hydrogens is 170 g/mol. The molecule has 13 heavy (non-hydrogen) atoms. The Balaban J connectivity index is 2.21. The Morgan fingerprint density at radius 2 is 2.08 bits per heavy atom. The zero-order valence-corrected chi connectivity index (χ0v) is 8.10. The van der Waals surface area contributed by atoms with Crippen LogP contribution in [0.5, 0.6) is 0 Å². The van der Waals surface area contributed by atoms with E-state index in [1.165, 1.54) is 0 Å². The number of carbonyl (C=O) groups is 1. The van der Waals surface area contributed by atoms with E-state index in [2.05, 4.69) is 4.90 Å². The molecule has 1 aliphatic rings. The molecule has 0 aliphatic carbocycles. The maximum absolute atomic E-state index is 10.6. The lowest BCUT2D eigenvalue weighted by Crippen LogP contribution is -2.52. The Kier molecular flexibility index (Phi) is 3.27. The summed E-state index contributed by atoms with van der Waals surface area (Å²) in [5, 5.41) is 17.8. The molecule has 4 heteroatoms. The minimum Gasteiger partial charge on any atom is -0.481 e. The van der Waals surface area contributed by atoms with E-state index in [1.807, 2.05) is 0 Å². The van der Waals surface area contributed by atoms with Crippen LogP contribution < -0.4 is 0 Å². The molecule has 0 aromatic heterocycles. The van der Waals surface area contributed by atoms with Crippen molar-refractivity contribution in [2.75, 3.05) is 19.6 Å². The van der Waals surface area contributed by atoms with E-state index in [1.54, 1.807) is 13.8 Å². The number of β-amino-alcohol motifs (C(OH)–C–C–N with tert-alkyl or cyclic N) is 1. The van der Waals surface area contributed by atoms with Gasteiger partial charge in [0.05, 0.1) is 12.0 Å². The van der Waals surface area contributed by atoms with Crippen LogP contribution in [0.15, 0.2) is 0 Å². The van der Waals surface area contributed by atoms with Crippen molar-refractivity contribution in [3.8, 4) is 0 Å². The zero-order valence-electron chi connectivity index (χ0n) is 8.10. The summed E-state index contributed by atoms with van der Waals surface area (Å²) in [6, 6.07) is 0. The number of aliphatic hydroxyl groups excluding tert-OH is 1. The van der Waals surface area contributed by atoms with Gasteiger partial charge in [-0.25, -0.2) is 0 Å². The quantitative estimate of drug-likeness (QED) is 0.651. The Labute approximate surface area is 78.2 Å². The van der Waals surface area contributed by atoms with Crippen LogP contribution in [0, 0.1) is 11.8 Å². The second-order valence-electron chi connectivity index (χ2n) is 3.95. The molecule has 2 N–H and O–H groups in total. The molecule has 1 heterocycles. The molecule has 0 aromatic rings. The monoisotopic (exact) mass is 187 g/mol. The van der Waals surface area contributed by atoms with Crippen LogP contribution in [0.25, 0.3) is 0 Å². The Morgan fingerprint density at radius 1 is 1.54 bits per heavy atom. The topological polar surface area (TPSA) is 60.8 Å². The summed E-state index contributed by atoms with van der Waals surface area (Å²) in [6.45, 7) is 5.75. The minimum absolute atomic E-state index is 0.259. The van der Waals surface area contributed by atoms with Crippen LogP contribution in [-0.4, -0.2) is 46.8 Å². The fourth-order valence-electron chi connectivity index (χ4n) is 1.65. The van der Waals surface area contributed by atoms with Crippen molar-refractivity contribution in [2.24, 2.45) is 11.8 Å². The van der Waals surface area contributed by atoms with Crippen molar-refractivity contribution in [1.29, 1.82) is 0 Å². The Bertz CT molecular complexity index is 187. The van der Waals surface area contributed by atoms with Crippen molar-refractivity contribution in [2.45, 2.75) is 20.0 Å². The van der Waals surface area contributed by atoms with E-state index in [9.17, 15) is 4.79 Å². The zero-order chi connectivity index (χ0) is 10.0. The summed E-state index contributed by atoms with van der Waals surface area (Å²) in [6.07, 6.45) is -0.318. The average Bonchev–Trinajstić information content (AvgIpc) is 1.94. The standard InChI is InChI=1S/C9H17NO3/c1-6(11)3-10-4-8(5-10)7(2)9(12)13/h6-8,11H,3-5H2,1-2H3,(H,12,13). The second kappa shape index (κ2) is 4.07. The summed E-state index contributed by atoms with van der Waals surface area (Å²) in [7, 11) is 0. The number of aliphatic carboxylic acids is 1. The molecule has 1 fully saturated rings. The van der Waals surface area contributed by atoms with E-state index in [0.717, 1.165) is 13.1 Å². The Hall–Kier alpha value is -0.610. The summed E-state index contributed by atoms with van der Waals surface area (Å²) in [4.78, 5) is 12.7. The van der Waals surface area contributed by atoms with Crippen molar-refractivity contribution >= 4 is 5.97 Å². The number of nitrogens with zero attached hydrogens (tertiary/aromatic N) is 1. The molecule has 0 spiro atoms. The van der Waals surface area contributed by atoms with Crippen LogP contribution in [0.2, 0.25) is 0 Å². The highest BCUT2D eigenvalue weighted by atomic mass is 16.4. The van der Waals surface area contributed by atoms with Crippen LogP contribution in [0.4, 0.5) is 0 Å². The third kappa shape index (κ3) is 2.67. The maximum Gasteiger partial charge on any atom is 0.306 e. The molecule has 0 radical (unpaired) electrons. The SMILES string of the molecule is CC(O)CN1CC(C(C)C(=O)O)C1. The lowest BCUT2D eigenvalue weighted by molar-refractivity contribution is -0.145. The summed E-state index contributed by atoms with van der Waals surface area (Å²) in [5.74, 6) is -0.719. The van der Waals surface area contributed by atoms with Gasteiger partial charge in [0, 0.05) is 19.6 Å². The first-order valence-electron chi connectivity index (χ1n) is 4.64. The number of hydrogen-bond donors (Lipinski definition) is 2. The number of likely N-dealkylation sites (tertiary alicyclic amines) is 1. The third-order valence-electron chi connectivity index (χ3n) is 2.60. The number of rotatable bonds is 4. The number of carboxylic acids is 1. The van der Waals surface area contributed by atoms with Crippen LogP contribution in [0.1, 0.15) is 13.8 Å². The van der Waals surface area contributed by atoms with Gasteiger partial charge in [0.1, 0.15) is 0 Å². The fraction of sp³-hybridized carbons (Fsp3) is 0.889. The first-order chi connectivity index (χ1) is 6.00. The number of carboxylic acid groups (broad SMARTS) is 1. The van der Waals surface area contributed by atoms with E-state index in [0.29, 0.717) is 6.54 Å². The molecule has 0 bridgehead atoms. The van der Waals surface area contributed by atoms with Crippen molar-refractivity contribution in [3.63, 3.8) is 0 Å². The molecular formula is C9H17NO3. The molecule has 1 saturated heterocycles. The molecule has 1 aliphatic heterocycles. The highest BCUT2D eigenvalue weighted by Crippen LogP contribution is 2.23. The van der Waals surface area contributed by atoms with Gasteiger partial charge in [-0.2, -0.15) is 0 Å². The fourth-order valence-corrected chi connectivity index (χ4v) is 1.65. The van der Waals surface area contributed by atoms with Gasteiger partial charge in [0.15, 0.2) is 0 Å². The first kappa shape index (κ1) is 10.5. The molecule has 1 rings (SSSR count). The minimum atomic E-state index is -0.721. The average molecular weight is 187 g/mol. The molecule has 0 aromatic carbocycles. The molecule has 0 saturated carbocycles. The van der Waals surface area contributed by atoms with E-state index >= 15 is 0 Å². The highest BCUT2D eigenvalue weighted by molar-refractivity contribution is 5.70. The largest absolute Gasteiger partial charge is 0.481 e. The third-order valence-corrected chi connectivity index (χ3v) is 2.60. The van der Waals surface area contributed by atoms with Crippen LogP contribution in [0.3, 0.4) is 0 Å². The van der Waals surface area contributed by atoms with Gasteiger partial charge < -0.3 is 15.1 Å². The molecule has 76 valence electrons. The van der Waals surface area contributed by atoms with Crippen molar-refractivity contribution in [1.82, 2.24) is 4.90 Å². The number of hydrogen-bond acceptors (Lipinski definition) is 3. The Morgan fingerprint density at radius 3 is 2.46 bits per heavy atom. The van der Waals surface area contributed by atoms with Gasteiger partial charge in [-0.05, 0) is 12.8 Å². The van der Waals surface area contributed by atoms with E-state index < -0.39 is 5.97 Å². The molecule has 0 amide bonds. The summed E-state index contributed by atoms with van der Waals surface area (Å²) >= 11 is 0. The van der Waals surface area contributed by atoms with Gasteiger partial charge in [0.25, 0.3) is 0 Å². The second-order valence-corrected chi connectivity index (χ2v) is 3.95. The van der Waals surface area contributed by atoms with Gasteiger partial charge in [-0.15, -0.1) is 0 Å². The van der Waals surface area contributed by atoms with E-state index in [4.69, 9.17) is 10.2 Å². The maximum atomic E-state index is 10.6.